The van der Waals surface area contributed by atoms with Gasteiger partial charge in [-0.05, 0) is 72.5 Å². The summed E-state index contributed by atoms with van der Waals surface area (Å²) in [6.45, 7) is 4.29. The van der Waals surface area contributed by atoms with Crippen LogP contribution in [0.4, 0.5) is 4.39 Å². The van der Waals surface area contributed by atoms with Gasteiger partial charge in [-0.25, -0.2) is 4.39 Å². The molecular formula is C27H30FN3O. The first-order valence-electron chi connectivity index (χ1n) is 11.6. The molecule has 3 heterocycles. The van der Waals surface area contributed by atoms with Gasteiger partial charge in [-0.2, -0.15) is 0 Å². The van der Waals surface area contributed by atoms with Crippen LogP contribution in [0.5, 0.6) is 0 Å². The Balaban J connectivity index is 1.35. The Labute approximate surface area is 189 Å². The summed E-state index contributed by atoms with van der Waals surface area (Å²) in [5.41, 5.74) is 4.68. The number of fused-ring (bicyclic) bond motifs is 1. The molecule has 32 heavy (non-hydrogen) atoms. The Hall–Kier alpha value is -2.60. The van der Waals surface area contributed by atoms with Crippen LogP contribution in [0.25, 0.3) is 11.1 Å². The minimum absolute atomic E-state index is 0.178. The van der Waals surface area contributed by atoms with E-state index in [-0.39, 0.29) is 18.5 Å². The lowest BCUT2D eigenvalue weighted by atomic mass is 9.74. The molecule has 2 aliphatic rings. The van der Waals surface area contributed by atoms with Crippen LogP contribution in [0.15, 0.2) is 73.1 Å². The van der Waals surface area contributed by atoms with Gasteiger partial charge in [-0.15, -0.1) is 0 Å². The van der Waals surface area contributed by atoms with E-state index >= 15 is 0 Å². The van der Waals surface area contributed by atoms with E-state index in [4.69, 9.17) is 0 Å². The van der Waals surface area contributed by atoms with Gasteiger partial charge in [0.1, 0.15) is 5.82 Å². The van der Waals surface area contributed by atoms with Gasteiger partial charge in [0.2, 0.25) is 0 Å². The van der Waals surface area contributed by atoms with Crippen molar-refractivity contribution in [2.75, 3.05) is 26.2 Å². The zero-order valence-corrected chi connectivity index (χ0v) is 18.3. The van der Waals surface area contributed by atoms with Crippen LogP contribution in [0.2, 0.25) is 0 Å². The van der Waals surface area contributed by atoms with Crippen molar-refractivity contribution in [2.45, 2.75) is 37.4 Å². The molecule has 0 unspecified atom stereocenters. The van der Waals surface area contributed by atoms with Crippen molar-refractivity contribution < 1.29 is 9.50 Å². The first-order chi connectivity index (χ1) is 15.7. The van der Waals surface area contributed by atoms with Gasteiger partial charge in [-0.1, -0.05) is 36.4 Å². The van der Waals surface area contributed by atoms with E-state index in [1.807, 2.05) is 24.5 Å². The van der Waals surface area contributed by atoms with E-state index in [2.05, 4.69) is 51.2 Å². The molecule has 2 fully saturated rings. The van der Waals surface area contributed by atoms with E-state index in [9.17, 15) is 9.50 Å². The molecule has 0 saturated carbocycles. The molecule has 0 aliphatic carbocycles. The Bertz CT molecular complexity index is 1010. The van der Waals surface area contributed by atoms with Crippen molar-refractivity contribution in [3.05, 3.63) is 90.0 Å². The second-order valence-corrected chi connectivity index (χ2v) is 9.01. The van der Waals surface area contributed by atoms with Crippen LogP contribution >= 0.6 is 0 Å². The van der Waals surface area contributed by atoms with Gasteiger partial charge in [0, 0.05) is 43.5 Å². The number of hydrogen-bond donors (Lipinski definition) is 1. The first kappa shape index (κ1) is 21.3. The molecule has 0 spiro atoms. The summed E-state index contributed by atoms with van der Waals surface area (Å²) in [6.07, 6.45) is 6.07. The van der Waals surface area contributed by atoms with Crippen LogP contribution in [0, 0.1) is 5.82 Å². The zero-order chi connectivity index (χ0) is 21.9. The Morgan fingerprint density at radius 3 is 2.22 bits per heavy atom. The summed E-state index contributed by atoms with van der Waals surface area (Å²) in [6, 6.07) is 20.0. The lowest BCUT2D eigenvalue weighted by Crippen LogP contribution is -2.67. The fourth-order valence-corrected chi connectivity index (χ4v) is 5.44. The summed E-state index contributed by atoms with van der Waals surface area (Å²) in [5.74, 6) is 0.103. The van der Waals surface area contributed by atoms with Gasteiger partial charge < -0.3 is 5.11 Å². The standard InChI is InChI=1S/C27H30FN3O/c28-24-9-7-22(8-10-24)21-3-5-23(6-4-21)27-25-18-30(17-20-11-13-29-14-12-20)15-1-2-16-31(25)26(27)19-32/h3-14,25-27,32H,1-2,15-19H2/t25-,26-,27-/m0/s1. The molecule has 0 bridgehead atoms. The molecular weight excluding hydrogens is 401 g/mol. The summed E-state index contributed by atoms with van der Waals surface area (Å²) >= 11 is 0. The number of aliphatic hydroxyl groups excluding tert-OH is 1. The van der Waals surface area contributed by atoms with Gasteiger partial charge >= 0.3 is 0 Å². The van der Waals surface area contributed by atoms with Gasteiger partial charge in [0.05, 0.1) is 6.61 Å². The van der Waals surface area contributed by atoms with Gasteiger partial charge in [0.15, 0.2) is 0 Å². The van der Waals surface area contributed by atoms with Crippen LogP contribution in [-0.4, -0.2) is 58.2 Å². The average Bonchev–Trinajstić information content (AvgIpc) is 2.81. The van der Waals surface area contributed by atoms with E-state index in [1.54, 1.807) is 0 Å². The summed E-state index contributed by atoms with van der Waals surface area (Å²) in [7, 11) is 0. The molecule has 2 saturated heterocycles. The van der Waals surface area contributed by atoms with Gasteiger partial charge in [-0.3, -0.25) is 14.8 Å². The Morgan fingerprint density at radius 2 is 1.53 bits per heavy atom. The Kier molecular flexibility index (Phi) is 6.30. The quantitative estimate of drug-likeness (QED) is 0.653. The first-order valence-corrected chi connectivity index (χ1v) is 11.6. The van der Waals surface area contributed by atoms with Crippen molar-refractivity contribution in [1.29, 1.82) is 0 Å². The third-order valence-electron chi connectivity index (χ3n) is 7.08. The van der Waals surface area contributed by atoms with Crippen molar-refractivity contribution in [3.63, 3.8) is 0 Å². The monoisotopic (exact) mass is 431 g/mol. The van der Waals surface area contributed by atoms with Crippen molar-refractivity contribution in [1.82, 2.24) is 14.8 Å². The van der Waals surface area contributed by atoms with Crippen LogP contribution < -0.4 is 0 Å². The predicted octanol–water partition coefficient (Wildman–Crippen LogP) is 4.31. The lowest BCUT2D eigenvalue weighted by molar-refractivity contribution is -0.0655. The van der Waals surface area contributed by atoms with Crippen molar-refractivity contribution in [3.8, 4) is 11.1 Å². The maximum absolute atomic E-state index is 13.3. The topological polar surface area (TPSA) is 39.6 Å². The molecule has 2 aromatic carbocycles. The van der Waals surface area contributed by atoms with Crippen LogP contribution in [-0.2, 0) is 6.54 Å². The Morgan fingerprint density at radius 1 is 0.875 bits per heavy atom. The molecule has 5 rings (SSSR count). The van der Waals surface area contributed by atoms with E-state index in [1.165, 1.54) is 29.7 Å². The maximum Gasteiger partial charge on any atom is 0.123 e. The molecule has 1 aromatic heterocycles. The third kappa shape index (κ3) is 4.33. The highest BCUT2D eigenvalue weighted by Crippen LogP contribution is 2.42. The smallest absolute Gasteiger partial charge is 0.123 e. The summed E-state index contributed by atoms with van der Waals surface area (Å²) < 4.78 is 13.3. The second-order valence-electron chi connectivity index (χ2n) is 9.01. The molecule has 166 valence electrons. The normalized spacial score (nSPS) is 24.2. The predicted molar refractivity (Wildman–Crippen MR) is 125 cm³/mol. The lowest BCUT2D eigenvalue weighted by Gasteiger charge is -2.57. The van der Waals surface area contributed by atoms with Crippen molar-refractivity contribution >= 4 is 0 Å². The molecule has 3 aromatic rings. The zero-order valence-electron chi connectivity index (χ0n) is 18.3. The largest absolute Gasteiger partial charge is 0.395 e. The second kappa shape index (κ2) is 9.49. The number of aliphatic hydroxyl groups is 1. The fourth-order valence-electron chi connectivity index (χ4n) is 5.44. The minimum Gasteiger partial charge on any atom is -0.395 e. The number of pyridine rings is 1. The highest BCUT2D eigenvalue weighted by molar-refractivity contribution is 5.63. The third-order valence-corrected chi connectivity index (χ3v) is 7.08. The van der Waals surface area contributed by atoms with Crippen LogP contribution in [0.1, 0.15) is 29.9 Å². The number of aromatic nitrogens is 1. The maximum atomic E-state index is 13.3. The number of benzene rings is 2. The number of rotatable bonds is 5. The fraction of sp³-hybridized carbons (Fsp3) is 0.370. The molecule has 5 heteroatoms. The molecule has 0 radical (unpaired) electrons. The number of halogens is 1. The number of nitrogens with zero attached hydrogens (tertiary/aromatic N) is 3. The molecule has 3 atom stereocenters. The highest BCUT2D eigenvalue weighted by Gasteiger charge is 2.48. The van der Waals surface area contributed by atoms with Crippen molar-refractivity contribution in [2.24, 2.45) is 0 Å². The van der Waals surface area contributed by atoms with E-state index < -0.39 is 0 Å². The molecule has 2 aliphatic heterocycles. The summed E-state index contributed by atoms with van der Waals surface area (Å²) in [4.78, 5) is 9.21. The summed E-state index contributed by atoms with van der Waals surface area (Å²) in [5, 5.41) is 10.2. The van der Waals surface area contributed by atoms with E-state index in [0.717, 1.165) is 43.7 Å². The van der Waals surface area contributed by atoms with Gasteiger partial charge in [0.25, 0.3) is 0 Å². The molecule has 0 amide bonds. The molecule has 4 nitrogen and oxygen atoms in total. The van der Waals surface area contributed by atoms with Crippen LogP contribution in [0.3, 0.4) is 0 Å². The molecule has 1 N–H and O–H groups in total. The minimum atomic E-state index is -0.216. The van der Waals surface area contributed by atoms with E-state index in [0.29, 0.717) is 12.0 Å². The number of hydrogen-bond acceptors (Lipinski definition) is 4. The highest BCUT2D eigenvalue weighted by atomic mass is 19.1. The SMILES string of the molecule is OC[C@H]1[C@@H](c2ccc(-c3ccc(F)cc3)cc2)[C@@H]2CN(Cc3ccncc3)CCCCN12. The average molecular weight is 432 g/mol.